The highest BCUT2D eigenvalue weighted by molar-refractivity contribution is 5.85. The lowest BCUT2D eigenvalue weighted by atomic mass is 9.82. The molecule has 0 aliphatic heterocycles. The van der Waals surface area contributed by atoms with Gasteiger partial charge in [0, 0.05) is 13.0 Å². The first-order valence-electron chi connectivity index (χ1n) is 7.18. The Morgan fingerprint density at radius 2 is 1.53 bits per heavy atom. The van der Waals surface area contributed by atoms with E-state index in [2.05, 4.69) is 5.32 Å². The Hall–Kier alpha value is -1.10. The normalized spacial score (nSPS) is 24.3. The van der Waals surface area contributed by atoms with Crippen LogP contribution in [-0.2, 0) is 9.59 Å². The summed E-state index contributed by atoms with van der Waals surface area (Å²) in [4.78, 5) is 23.3. The molecule has 0 atom stereocenters. The average molecular weight is 269 g/mol. The maximum Gasteiger partial charge on any atom is 0.310 e. The highest BCUT2D eigenvalue weighted by Gasteiger charge is 2.43. The van der Waals surface area contributed by atoms with Crippen LogP contribution in [0, 0.1) is 5.41 Å². The van der Waals surface area contributed by atoms with E-state index in [1.807, 2.05) is 0 Å². The molecule has 0 aromatic heterocycles. The van der Waals surface area contributed by atoms with E-state index in [1.54, 1.807) is 0 Å². The van der Waals surface area contributed by atoms with E-state index < -0.39 is 17.0 Å². The molecule has 5 heteroatoms. The van der Waals surface area contributed by atoms with Crippen LogP contribution in [0.4, 0.5) is 0 Å². The molecule has 0 unspecified atom stereocenters. The number of nitrogens with one attached hydrogen (secondary N) is 1. The molecule has 19 heavy (non-hydrogen) atoms. The minimum Gasteiger partial charge on any atom is -0.481 e. The van der Waals surface area contributed by atoms with Gasteiger partial charge in [0.2, 0.25) is 5.91 Å². The molecule has 2 rings (SSSR count). The van der Waals surface area contributed by atoms with Crippen molar-refractivity contribution < 1.29 is 19.8 Å². The van der Waals surface area contributed by atoms with Crippen LogP contribution >= 0.6 is 0 Å². The zero-order valence-corrected chi connectivity index (χ0v) is 11.3. The minimum absolute atomic E-state index is 0.0401. The average Bonchev–Trinajstić information content (AvgIpc) is 2.98. The van der Waals surface area contributed by atoms with Crippen molar-refractivity contribution in [3.63, 3.8) is 0 Å². The third-order valence-corrected chi connectivity index (χ3v) is 4.66. The van der Waals surface area contributed by atoms with Crippen LogP contribution in [0.15, 0.2) is 0 Å². The standard InChI is InChI=1S/C14H23NO4/c16-11(15-10-14(19)7-3-4-8-14)9-13(12(17)18)5-1-2-6-13/h19H,1-10H2,(H,15,16)(H,17,18). The summed E-state index contributed by atoms with van der Waals surface area (Å²) in [5, 5.41) is 22.2. The lowest BCUT2D eigenvalue weighted by molar-refractivity contribution is -0.151. The van der Waals surface area contributed by atoms with Crippen molar-refractivity contribution in [3.05, 3.63) is 0 Å². The van der Waals surface area contributed by atoms with Gasteiger partial charge in [-0.15, -0.1) is 0 Å². The number of aliphatic hydroxyl groups is 1. The van der Waals surface area contributed by atoms with Crippen molar-refractivity contribution in [1.29, 1.82) is 0 Å². The van der Waals surface area contributed by atoms with Gasteiger partial charge in [0.05, 0.1) is 11.0 Å². The van der Waals surface area contributed by atoms with Gasteiger partial charge in [-0.3, -0.25) is 9.59 Å². The number of hydrogen-bond donors (Lipinski definition) is 3. The van der Waals surface area contributed by atoms with Gasteiger partial charge < -0.3 is 15.5 Å². The first-order chi connectivity index (χ1) is 8.96. The van der Waals surface area contributed by atoms with Crippen molar-refractivity contribution in [3.8, 4) is 0 Å². The van der Waals surface area contributed by atoms with E-state index in [4.69, 9.17) is 0 Å². The predicted molar refractivity (Wildman–Crippen MR) is 69.6 cm³/mol. The number of carboxylic acids is 1. The topological polar surface area (TPSA) is 86.6 Å². The molecule has 0 spiro atoms. The summed E-state index contributed by atoms with van der Waals surface area (Å²) in [6, 6.07) is 0. The summed E-state index contributed by atoms with van der Waals surface area (Å²) in [6.07, 6.45) is 6.39. The fraction of sp³-hybridized carbons (Fsp3) is 0.857. The molecule has 5 nitrogen and oxygen atoms in total. The number of aliphatic carboxylic acids is 1. The number of carbonyl (C=O) groups excluding carboxylic acids is 1. The Bertz CT molecular complexity index is 354. The van der Waals surface area contributed by atoms with Gasteiger partial charge in [0.25, 0.3) is 0 Å². The summed E-state index contributed by atoms with van der Waals surface area (Å²) < 4.78 is 0. The van der Waals surface area contributed by atoms with Gasteiger partial charge in [-0.1, -0.05) is 25.7 Å². The Balaban J connectivity index is 1.85. The molecule has 108 valence electrons. The molecule has 2 aliphatic carbocycles. The van der Waals surface area contributed by atoms with E-state index in [1.165, 1.54) is 0 Å². The monoisotopic (exact) mass is 269 g/mol. The highest BCUT2D eigenvalue weighted by Crippen LogP contribution is 2.41. The predicted octanol–water partition coefficient (Wildman–Crippen LogP) is 1.44. The SMILES string of the molecule is O=C(CC1(C(=O)O)CCCC1)NCC1(O)CCCC1. The zero-order valence-electron chi connectivity index (χ0n) is 11.3. The third kappa shape index (κ3) is 3.26. The van der Waals surface area contributed by atoms with Crippen LogP contribution in [0.5, 0.6) is 0 Å². The fourth-order valence-corrected chi connectivity index (χ4v) is 3.36. The zero-order chi connectivity index (χ0) is 13.9. The molecule has 0 radical (unpaired) electrons. The Morgan fingerprint density at radius 1 is 1.00 bits per heavy atom. The second kappa shape index (κ2) is 5.49. The third-order valence-electron chi connectivity index (χ3n) is 4.66. The Labute approximate surface area is 113 Å². The lowest BCUT2D eigenvalue weighted by Crippen LogP contribution is -2.43. The highest BCUT2D eigenvalue weighted by atomic mass is 16.4. The molecular formula is C14H23NO4. The van der Waals surface area contributed by atoms with Crippen molar-refractivity contribution in [1.82, 2.24) is 5.32 Å². The lowest BCUT2D eigenvalue weighted by Gasteiger charge is -2.26. The molecule has 2 saturated carbocycles. The van der Waals surface area contributed by atoms with E-state index >= 15 is 0 Å². The van der Waals surface area contributed by atoms with Crippen LogP contribution in [0.25, 0.3) is 0 Å². The summed E-state index contributed by atoms with van der Waals surface area (Å²) in [5.41, 5.74) is -1.65. The molecular weight excluding hydrogens is 246 g/mol. The van der Waals surface area contributed by atoms with Crippen molar-refractivity contribution in [2.24, 2.45) is 5.41 Å². The van der Waals surface area contributed by atoms with Gasteiger partial charge in [-0.25, -0.2) is 0 Å². The van der Waals surface area contributed by atoms with E-state index in [0.29, 0.717) is 12.8 Å². The number of hydrogen-bond acceptors (Lipinski definition) is 3. The largest absolute Gasteiger partial charge is 0.481 e. The second-order valence-corrected chi connectivity index (χ2v) is 6.18. The van der Waals surface area contributed by atoms with Crippen molar-refractivity contribution >= 4 is 11.9 Å². The Morgan fingerprint density at radius 3 is 2.05 bits per heavy atom. The van der Waals surface area contributed by atoms with E-state index in [0.717, 1.165) is 38.5 Å². The van der Waals surface area contributed by atoms with Gasteiger partial charge in [0.15, 0.2) is 0 Å². The van der Waals surface area contributed by atoms with Crippen LogP contribution in [-0.4, -0.2) is 34.2 Å². The molecule has 0 bridgehead atoms. The summed E-state index contributed by atoms with van der Waals surface area (Å²) in [6.45, 7) is 0.252. The fourth-order valence-electron chi connectivity index (χ4n) is 3.36. The van der Waals surface area contributed by atoms with Gasteiger partial charge in [0.1, 0.15) is 0 Å². The molecule has 2 fully saturated rings. The van der Waals surface area contributed by atoms with Crippen molar-refractivity contribution in [2.75, 3.05) is 6.54 Å². The van der Waals surface area contributed by atoms with Crippen LogP contribution in [0.1, 0.15) is 57.8 Å². The number of rotatable bonds is 5. The summed E-state index contributed by atoms with van der Waals surface area (Å²) in [5.74, 6) is -1.11. The van der Waals surface area contributed by atoms with E-state index in [-0.39, 0.29) is 18.9 Å². The number of amides is 1. The smallest absolute Gasteiger partial charge is 0.310 e. The molecule has 0 aromatic rings. The number of carbonyl (C=O) groups is 2. The van der Waals surface area contributed by atoms with Crippen LogP contribution in [0.2, 0.25) is 0 Å². The quantitative estimate of drug-likeness (QED) is 0.705. The van der Waals surface area contributed by atoms with Gasteiger partial charge >= 0.3 is 5.97 Å². The van der Waals surface area contributed by atoms with Crippen LogP contribution < -0.4 is 5.32 Å². The molecule has 0 aromatic carbocycles. The second-order valence-electron chi connectivity index (χ2n) is 6.18. The molecule has 0 heterocycles. The van der Waals surface area contributed by atoms with Crippen LogP contribution in [0.3, 0.4) is 0 Å². The molecule has 1 amide bonds. The minimum atomic E-state index is -0.873. The summed E-state index contributed by atoms with van der Waals surface area (Å²) in [7, 11) is 0. The molecule has 0 saturated heterocycles. The Kier molecular flexibility index (Phi) is 4.13. The first-order valence-corrected chi connectivity index (χ1v) is 7.18. The first kappa shape index (κ1) is 14.3. The molecule has 3 N–H and O–H groups in total. The van der Waals surface area contributed by atoms with Gasteiger partial charge in [-0.05, 0) is 25.7 Å². The maximum absolute atomic E-state index is 11.9. The van der Waals surface area contributed by atoms with Gasteiger partial charge in [-0.2, -0.15) is 0 Å². The number of carboxylic acid groups (broad SMARTS) is 1. The molecule has 2 aliphatic rings. The van der Waals surface area contributed by atoms with Crippen molar-refractivity contribution in [2.45, 2.75) is 63.4 Å². The maximum atomic E-state index is 11.9. The van der Waals surface area contributed by atoms with E-state index in [9.17, 15) is 19.8 Å². The summed E-state index contributed by atoms with van der Waals surface area (Å²) >= 11 is 0.